The van der Waals surface area contributed by atoms with Crippen LogP contribution < -0.4 is 15.5 Å². The Morgan fingerprint density at radius 1 is 0.969 bits per heavy atom. The van der Waals surface area contributed by atoms with E-state index in [0.717, 1.165) is 17.7 Å². The average molecular weight is 498 g/mol. The number of hydrogen-bond acceptors (Lipinski definition) is 5. The van der Waals surface area contributed by atoms with Crippen LogP contribution >= 0.6 is 15.9 Å². The molecule has 0 heterocycles. The van der Waals surface area contributed by atoms with E-state index in [1.807, 2.05) is 6.92 Å². The highest BCUT2D eigenvalue weighted by atomic mass is 79.9. The van der Waals surface area contributed by atoms with Crippen molar-refractivity contribution in [1.29, 1.82) is 0 Å². The molecule has 0 saturated heterocycles. The number of benzene rings is 3. The summed E-state index contributed by atoms with van der Waals surface area (Å²) < 4.78 is 19.1. The van der Waals surface area contributed by atoms with E-state index in [4.69, 9.17) is 4.74 Å². The molecule has 3 aromatic carbocycles. The van der Waals surface area contributed by atoms with Gasteiger partial charge in [0.2, 0.25) is 0 Å². The molecule has 0 fully saturated rings. The van der Waals surface area contributed by atoms with Gasteiger partial charge < -0.3 is 10.1 Å². The van der Waals surface area contributed by atoms with Gasteiger partial charge in [0, 0.05) is 15.7 Å². The molecular formula is C23H17BrFN3O4. The van der Waals surface area contributed by atoms with Crippen LogP contribution in [0.25, 0.3) is 0 Å². The summed E-state index contributed by atoms with van der Waals surface area (Å²) in [6.45, 7) is 1.91. The zero-order valence-corrected chi connectivity index (χ0v) is 18.4. The second-order valence-corrected chi connectivity index (χ2v) is 7.51. The number of rotatable bonds is 5. The first kappa shape index (κ1) is 22.8. The molecule has 0 aliphatic heterocycles. The van der Waals surface area contributed by atoms with Crippen LogP contribution in [0, 0.1) is 12.7 Å². The van der Waals surface area contributed by atoms with Crippen LogP contribution in [-0.4, -0.2) is 24.0 Å². The summed E-state index contributed by atoms with van der Waals surface area (Å²) >= 11 is 3.32. The number of nitrogens with zero attached hydrogens (tertiary/aromatic N) is 1. The summed E-state index contributed by atoms with van der Waals surface area (Å²) in [6.07, 6.45) is 1.24. The second kappa shape index (κ2) is 10.5. The van der Waals surface area contributed by atoms with Gasteiger partial charge in [-0.05, 0) is 61.5 Å². The number of hydrogen-bond donors (Lipinski definition) is 2. The Labute approximate surface area is 191 Å². The van der Waals surface area contributed by atoms with Crippen molar-refractivity contribution in [3.8, 4) is 5.75 Å². The summed E-state index contributed by atoms with van der Waals surface area (Å²) in [5.74, 6) is -2.81. The molecule has 9 heteroatoms. The number of hydrazone groups is 1. The topological polar surface area (TPSA) is 96.9 Å². The Morgan fingerprint density at radius 3 is 2.34 bits per heavy atom. The highest BCUT2D eigenvalue weighted by molar-refractivity contribution is 9.10. The molecule has 3 aromatic rings. The van der Waals surface area contributed by atoms with Crippen LogP contribution in [0.4, 0.5) is 10.1 Å². The van der Waals surface area contributed by atoms with Crippen LogP contribution in [0.2, 0.25) is 0 Å². The minimum Gasteiger partial charge on any atom is -0.422 e. The normalized spacial score (nSPS) is 10.6. The van der Waals surface area contributed by atoms with Gasteiger partial charge in [-0.15, -0.1) is 0 Å². The first-order chi connectivity index (χ1) is 15.3. The van der Waals surface area contributed by atoms with Crippen LogP contribution in [0.15, 0.2) is 76.3 Å². The minimum atomic E-state index is -1.03. The molecule has 0 bridgehead atoms. The van der Waals surface area contributed by atoms with Gasteiger partial charge >= 0.3 is 17.8 Å². The molecule has 0 aliphatic carbocycles. The van der Waals surface area contributed by atoms with Crippen molar-refractivity contribution in [3.05, 3.63) is 93.7 Å². The standard InChI is InChI=1S/C23H17BrFN3O4/c1-14-2-4-15(5-3-14)23(31)32-20-11-6-17(24)12-16(20)13-26-28-22(30)21(29)27-19-9-7-18(25)8-10-19/h2-13H,1H3,(H,27,29)(H,28,30)/b26-13-. The molecule has 0 atom stereocenters. The number of anilines is 1. The van der Waals surface area contributed by atoms with E-state index in [0.29, 0.717) is 15.6 Å². The van der Waals surface area contributed by atoms with Crippen molar-refractivity contribution in [2.24, 2.45) is 5.10 Å². The summed E-state index contributed by atoms with van der Waals surface area (Å²) in [5.41, 5.74) is 4.13. The number of esters is 1. The maximum Gasteiger partial charge on any atom is 0.343 e. The SMILES string of the molecule is Cc1ccc(C(=O)Oc2ccc(Br)cc2/C=N\NC(=O)C(=O)Nc2ccc(F)cc2)cc1. The van der Waals surface area contributed by atoms with Gasteiger partial charge in [0.05, 0.1) is 11.8 Å². The lowest BCUT2D eigenvalue weighted by Crippen LogP contribution is -2.32. The molecule has 32 heavy (non-hydrogen) atoms. The molecule has 0 unspecified atom stereocenters. The van der Waals surface area contributed by atoms with Gasteiger partial charge in [0.1, 0.15) is 11.6 Å². The highest BCUT2D eigenvalue weighted by Crippen LogP contribution is 2.23. The van der Waals surface area contributed by atoms with Crippen LogP contribution in [-0.2, 0) is 9.59 Å². The molecule has 0 spiro atoms. The lowest BCUT2D eigenvalue weighted by atomic mass is 10.1. The van der Waals surface area contributed by atoms with Crippen molar-refractivity contribution >= 4 is 45.6 Å². The maximum atomic E-state index is 12.9. The van der Waals surface area contributed by atoms with E-state index in [1.54, 1.807) is 42.5 Å². The fourth-order valence-electron chi connectivity index (χ4n) is 2.49. The Morgan fingerprint density at radius 2 is 1.66 bits per heavy atom. The largest absolute Gasteiger partial charge is 0.422 e. The average Bonchev–Trinajstić information content (AvgIpc) is 2.77. The van der Waals surface area contributed by atoms with E-state index < -0.39 is 23.6 Å². The fourth-order valence-corrected chi connectivity index (χ4v) is 2.87. The third kappa shape index (κ3) is 6.32. The van der Waals surface area contributed by atoms with Crippen molar-refractivity contribution in [3.63, 3.8) is 0 Å². The molecule has 2 N–H and O–H groups in total. The fraction of sp³-hybridized carbons (Fsp3) is 0.0435. The molecule has 162 valence electrons. The number of carbonyl (C=O) groups excluding carboxylic acids is 3. The van der Waals surface area contributed by atoms with Crippen molar-refractivity contribution < 1.29 is 23.5 Å². The van der Waals surface area contributed by atoms with E-state index in [1.165, 1.54) is 18.3 Å². The molecule has 0 radical (unpaired) electrons. The first-order valence-corrected chi connectivity index (χ1v) is 10.1. The highest BCUT2D eigenvalue weighted by Gasteiger charge is 2.14. The van der Waals surface area contributed by atoms with E-state index in [9.17, 15) is 18.8 Å². The van der Waals surface area contributed by atoms with Crippen LogP contribution in [0.1, 0.15) is 21.5 Å². The molecule has 0 aliphatic rings. The number of amides is 2. The Kier molecular flexibility index (Phi) is 7.45. The Hall–Kier alpha value is -3.85. The molecule has 3 rings (SSSR count). The molecular weight excluding hydrogens is 481 g/mol. The third-order valence-electron chi connectivity index (χ3n) is 4.14. The summed E-state index contributed by atoms with van der Waals surface area (Å²) in [4.78, 5) is 36.3. The first-order valence-electron chi connectivity index (χ1n) is 9.30. The summed E-state index contributed by atoms with van der Waals surface area (Å²) in [6, 6.07) is 16.7. The predicted octanol–water partition coefficient (Wildman–Crippen LogP) is 4.20. The lowest BCUT2D eigenvalue weighted by Gasteiger charge is -2.08. The lowest BCUT2D eigenvalue weighted by molar-refractivity contribution is -0.136. The van der Waals surface area contributed by atoms with E-state index >= 15 is 0 Å². The van der Waals surface area contributed by atoms with Gasteiger partial charge in [0.25, 0.3) is 0 Å². The Balaban J connectivity index is 1.65. The molecule has 0 aromatic heterocycles. The van der Waals surface area contributed by atoms with Crippen molar-refractivity contribution in [2.45, 2.75) is 6.92 Å². The number of ether oxygens (including phenoxy) is 1. The van der Waals surface area contributed by atoms with E-state index in [-0.39, 0.29) is 11.4 Å². The quantitative estimate of drug-likeness (QED) is 0.181. The van der Waals surface area contributed by atoms with Crippen LogP contribution in [0.5, 0.6) is 5.75 Å². The van der Waals surface area contributed by atoms with Crippen molar-refractivity contribution in [2.75, 3.05) is 5.32 Å². The zero-order chi connectivity index (χ0) is 23.1. The van der Waals surface area contributed by atoms with Gasteiger partial charge in [-0.3, -0.25) is 9.59 Å². The number of halogens is 2. The minimum absolute atomic E-state index is 0.215. The number of carbonyl (C=O) groups is 3. The smallest absolute Gasteiger partial charge is 0.343 e. The Bertz CT molecular complexity index is 1180. The van der Waals surface area contributed by atoms with Crippen LogP contribution in [0.3, 0.4) is 0 Å². The monoisotopic (exact) mass is 497 g/mol. The van der Waals surface area contributed by atoms with Gasteiger partial charge in [-0.1, -0.05) is 33.6 Å². The van der Waals surface area contributed by atoms with Gasteiger partial charge in [-0.25, -0.2) is 14.6 Å². The third-order valence-corrected chi connectivity index (χ3v) is 4.63. The van der Waals surface area contributed by atoms with Gasteiger partial charge in [0.15, 0.2) is 0 Å². The maximum absolute atomic E-state index is 12.9. The van der Waals surface area contributed by atoms with Crippen molar-refractivity contribution in [1.82, 2.24) is 5.43 Å². The predicted molar refractivity (Wildman–Crippen MR) is 121 cm³/mol. The zero-order valence-electron chi connectivity index (χ0n) is 16.8. The molecule has 2 amide bonds. The molecule has 7 nitrogen and oxygen atoms in total. The van der Waals surface area contributed by atoms with Gasteiger partial charge in [-0.2, -0.15) is 5.10 Å². The van der Waals surface area contributed by atoms with E-state index in [2.05, 4.69) is 31.8 Å². The number of aryl methyl sites for hydroxylation is 1. The number of nitrogens with one attached hydrogen (secondary N) is 2. The summed E-state index contributed by atoms with van der Waals surface area (Å²) in [5, 5.41) is 6.07. The molecule has 0 saturated carbocycles. The summed E-state index contributed by atoms with van der Waals surface area (Å²) in [7, 11) is 0. The second-order valence-electron chi connectivity index (χ2n) is 6.60.